The van der Waals surface area contributed by atoms with E-state index in [1.165, 1.54) is 13.2 Å². The highest BCUT2D eigenvalue weighted by Gasteiger charge is 2.19. The van der Waals surface area contributed by atoms with Crippen LogP contribution in [0.5, 0.6) is 5.75 Å². The van der Waals surface area contributed by atoms with Crippen molar-refractivity contribution in [2.45, 2.75) is 6.92 Å². The van der Waals surface area contributed by atoms with Gasteiger partial charge in [-0.3, -0.25) is 9.78 Å². The zero-order chi connectivity index (χ0) is 21.1. The van der Waals surface area contributed by atoms with Crippen LogP contribution in [-0.4, -0.2) is 49.0 Å². The van der Waals surface area contributed by atoms with Crippen LogP contribution in [0.2, 0.25) is 0 Å². The number of Topliss-reactive ketones (excluding diaryl/α,β-unsaturated/α-hetero) is 1. The molecule has 1 aliphatic rings. The smallest absolute Gasteiger partial charge is 0.165 e. The van der Waals surface area contributed by atoms with E-state index in [1.807, 2.05) is 24.3 Å². The summed E-state index contributed by atoms with van der Waals surface area (Å²) in [5, 5.41) is 0. The predicted molar refractivity (Wildman–Crippen MR) is 115 cm³/mol. The number of ether oxygens (including phenoxy) is 1. The lowest BCUT2D eigenvalue weighted by Crippen LogP contribution is -2.46. The summed E-state index contributed by atoms with van der Waals surface area (Å²) in [4.78, 5) is 24.9. The molecule has 0 bridgehead atoms. The Labute approximate surface area is 174 Å². The Kier molecular flexibility index (Phi) is 5.61. The van der Waals surface area contributed by atoms with Crippen molar-refractivity contribution in [1.82, 2.24) is 9.97 Å². The van der Waals surface area contributed by atoms with Crippen LogP contribution < -0.4 is 14.5 Å². The minimum Gasteiger partial charge on any atom is -0.494 e. The van der Waals surface area contributed by atoms with Crippen LogP contribution in [0.3, 0.4) is 0 Å². The molecule has 6 nitrogen and oxygen atoms in total. The Balaban J connectivity index is 1.45. The highest BCUT2D eigenvalue weighted by Crippen LogP contribution is 2.26. The summed E-state index contributed by atoms with van der Waals surface area (Å²) in [6, 6.07) is 12.5. The van der Waals surface area contributed by atoms with Gasteiger partial charge >= 0.3 is 0 Å². The third-order valence-corrected chi connectivity index (χ3v) is 5.31. The lowest BCUT2D eigenvalue weighted by Gasteiger charge is -2.36. The number of hydrogen-bond donors (Lipinski definition) is 0. The van der Waals surface area contributed by atoms with Crippen LogP contribution >= 0.6 is 0 Å². The molecule has 4 rings (SSSR count). The summed E-state index contributed by atoms with van der Waals surface area (Å²) in [5.74, 6) is 0.624. The van der Waals surface area contributed by atoms with Crippen LogP contribution in [0, 0.1) is 5.82 Å². The summed E-state index contributed by atoms with van der Waals surface area (Å²) < 4.78 is 19.0. The van der Waals surface area contributed by atoms with Gasteiger partial charge in [-0.15, -0.1) is 0 Å². The van der Waals surface area contributed by atoms with Gasteiger partial charge in [-0.1, -0.05) is 0 Å². The maximum Gasteiger partial charge on any atom is 0.165 e. The molecular weight excluding hydrogens is 383 g/mol. The minimum absolute atomic E-state index is 0.0709. The van der Waals surface area contributed by atoms with Crippen molar-refractivity contribution >= 4 is 17.3 Å². The molecule has 1 saturated heterocycles. The second kappa shape index (κ2) is 8.49. The molecule has 1 fully saturated rings. The van der Waals surface area contributed by atoms with Crippen LogP contribution in [0.4, 0.5) is 15.9 Å². The van der Waals surface area contributed by atoms with Crippen molar-refractivity contribution < 1.29 is 13.9 Å². The van der Waals surface area contributed by atoms with E-state index in [9.17, 15) is 9.18 Å². The second-order valence-electron chi connectivity index (χ2n) is 7.19. The predicted octanol–water partition coefficient (Wildman–Crippen LogP) is 3.82. The molecule has 0 N–H and O–H groups in total. The molecule has 2 heterocycles. The summed E-state index contributed by atoms with van der Waals surface area (Å²) >= 11 is 0. The Morgan fingerprint density at radius 1 is 1.00 bits per heavy atom. The van der Waals surface area contributed by atoms with Crippen molar-refractivity contribution in [3.05, 3.63) is 66.2 Å². The Bertz CT molecular complexity index is 1050. The molecule has 0 saturated carbocycles. The number of benzene rings is 2. The molecule has 0 spiro atoms. The van der Waals surface area contributed by atoms with Crippen molar-refractivity contribution in [1.29, 1.82) is 0 Å². The van der Waals surface area contributed by atoms with Gasteiger partial charge < -0.3 is 14.5 Å². The average molecular weight is 406 g/mol. The highest BCUT2D eigenvalue weighted by atomic mass is 19.1. The molecule has 154 valence electrons. The molecule has 7 heteroatoms. The van der Waals surface area contributed by atoms with Gasteiger partial charge in [-0.25, -0.2) is 9.37 Å². The number of carbonyl (C=O) groups excluding carboxylic acids is 1. The Hall–Kier alpha value is -3.48. The third kappa shape index (κ3) is 4.10. The first-order valence-electron chi connectivity index (χ1n) is 9.82. The molecule has 0 aliphatic carbocycles. The molecule has 0 unspecified atom stereocenters. The highest BCUT2D eigenvalue weighted by molar-refractivity contribution is 5.94. The van der Waals surface area contributed by atoms with Gasteiger partial charge in [0.15, 0.2) is 17.3 Å². The van der Waals surface area contributed by atoms with Gasteiger partial charge in [-0.2, -0.15) is 0 Å². The molecule has 2 aromatic carbocycles. The van der Waals surface area contributed by atoms with Gasteiger partial charge in [-0.05, 0) is 49.4 Å². The lowest BCUT2D eigenvalue weighted by atomic mass is 10.1. The van der Waals surface area contributed by atoms with Crippen LogP contribution in [-0.2, 0) is 0 Å². The molecule has 1 aromatic heterocycles. The number of carbonyl (C=O) groups is 1. The summed E-state index contributed by atoms with van der Waals surface area (Å²) in [6.45, 7) is 4.83. The van der Waals surface area contributed by atoms with Crippen LogP contribution in [0.25, 0.3) is 11.3 Å². The minimum atomic E-state index is -0.424. The third-order valence-electron chi connectivity index (χ3n) is 5.31. The summed E-state index contributed by atoms with van der Waals surface area (Å²) in [6.07, 6.45) is 3.37. The van der Waals surface area contributed by atoms with Crippen LogP contribution in [0.1, 0.15) is 17.3 Å². The number of aromatic nitrogens is 2. The Morgan fingerprint density at radius 2 is 1.70 bits per heavy atom. The normalized spacial score (nSPS) is 14.0. The van der Waals surface area contributed by atoms with Gasteiger partial charge in [0.05, 0.1) is 25.2 Å². The van der Waals surface area contributed by atoms with Gasteiger partial charge in [0.25, 0.3) is 0 Å². The molecule has 0 atom stereocenters. The first-order chi connectivity index (χ1) is 14.5. The molecule has 0 amide bonds. The number of anilines is 2. The average Bonchev–Trinajstić information content (AvgIpc) is 2.79. The van der Waals surface area contributed by atoms with E-state index in [2.05, 4.69) is 14.8 Å². The topological polar surface area (TPSA) is 58.6 Å². The molecule has 0 radical (unpaired) electrons. The van der Waals surface area contributed by atoms with E-state index >= 15 is 0 Å². The fourth-order valence-electron chi connectivity index (χ4n) is 3.57. The maximum atomic E-state index is 14.1. The van der Waals surface area contributed by atoms with Crippen molar-refractivity contribution in [3.63, 3.8) is 0 Å². The number of ketones is 1. The molecule has 30 heavy (non-hydrogen) atoms. The van der Waals surface area contributed by atoms with Crippen molar-refractivity contribution in [3.8, 4) is 17.0 Å². The lowest BCUT2D eigenvalue weighted by molar-refractivity contribution is 0.101. The molecular formula is C23H23FN4O2. The monoisotopic (exact) mass is 406 g/mol. The quantitative estimate of drug-likeness (QED) is 0.601. The fraction of sp³-hybridized carbons (Fsp3) is 0.261. The number of methoxy groups -OCH3 is 1. The first-order valence-corrected chi connectivity index (χ1v) is 9.82. The zero-order valence-corrected chi connectivity index (χ0v) is 17.0. The zero-order valence-electron chi connectivity index (χ0n) is 17.0. The second-order valence-corrected chi connectivity index (χ2v) is 7.19. The summed E-state index contributed by atoms with van der Waals surface area (Å²) in [5.41, 5.74) is 3.11. The van der Waals surface area contributed by atoms with Crippen molar-refractivity contribution in [2.24, 2.45) is 0 Å². The summed E-state index contributed by atoms with van der Waals surface area (Å²) in [7, 11) is 1.44. The van der Waals surface area contributed by atoms with Gasteiger partial charge in [0.1, 0.15) is 5.82 Å². The maximum absolute atomic E-state index is 14.1. The molecule has 1 aliphatic heterocycles. The largest absolute Gasteiger partial charge is 0.494 e. The number of hydrogen-bond acceptors (Lipinski definition) is 6. The van der Waals surface area contributed by atoms with E-state index in [4.69, 9.17) is 9.72 Å². The SMILES string of the molecule is COc1ccc(-c2cncc(N3CCN(c4ccc(C(C)=O)cc4)CC3)n2)cc1F. The van der Waals surface area contributed by atoms with E-state index in [-0.39, 0.29) is 11.5 Å². The molecule has 3 aromatic rings. The van der Waals surface area contributed by atoms with E-state index < -0.39 is 5.82 Å². The first kappa shape index (κ1) is 19.8. The number of halogens is 1. The Morgan fingerprint density at radius 3 is 2.33 bits per heavy atom. The van der Waals surface area contributed by atoms with Gasteiger partial charge in [0.2, 0.25) is 0 Å². The van der Waals surface area contributed by atoms with E-state index in [0.29, 0.717) is 11.3 Å². The number of rotatable bonds is 5. The van der Waals surface area contributed by atoms with E-state index in [1.54, 1.807) is 31.5 Å². The van der Waals surface area contributed by atoms with E-state index in [0.717, 1.165) is 43.2 Å². The van der Waals surface area contributed by atoms with Gasteiger partial charge in [0, 0.05) is 43.0 Å². The fourth-order valence-corrected chi connectivity index (χ4v) is 3.57. The standard InChI is InChI=1S/C23H23FN4O2/c1-16(29)17-3-6-19(7-4-17)27-9-11-28(12-10-27)23-15-25-14-21(26-23)18-5-8-22(30-2)20(24)13-18/h3-8,13-15H,9-12H2,1-2H3. The number of nitrogens with zero attached hydrogens (tertiary/aromatic N) is 4. The van der Waals surface area contributed by atoms with Crippen molar-refractivity contribution in [2.75, 3.05) is 43.1 Å². The van der Waals surface area contributed by atoms with Crippen LogP contribution in [0.15, 0.2) is 54.9 Å². The number of piperazine rings is 1.